The SMILES string of the molecule is CCNC(=O)c1ccc(NCC(=O)Nc2ccc(C(=O)N(CC)c3ccccc3)cc2)cc1. The van der Waals surface area contributed by atoms with Gasteiger partial charge in [-0.3, -0.25) is 14.4 Å². The van der Waals surface area contributed by atoms with Crippen molar-refractivity contribution in [1.82, 2.24) is 5.32 Å². The van der Waals surface area contributed by atoms with Crippen LogP contribution in [-0.4, -0.2) is 37.4 Å². The molecule has 0 spiro atoms. The Labute approximate surface area is 193 Å². The molecule has 3 N–H and O–H groups in total. The smallest absolute Gasteiger partial charge is 0.258 e. The summed E-state index contributed by atoms with van der Waals surface area (Å²) in [5.41, 5.74) is 3.29. The van der Waals surface area contributed by atoms with Crippen molar-refractivity contribution in [3.63, 3.8) is 0 Å². The van der Waals surface area contributed by atoms with Crippen LogP contribution in [0.5, 0.6) is 0 Å². The fourth-order valence-electron chi connectivity index (χ4n) is 3.29. The zero-order valence-corrected chi connectivity index (χ0v) is 18.8. The number of carbonyl (C=O) groups is 3. The highest BCUT2D eigenvalue weighted by Crippen LogP contribution is 2.18. The van der Waals surface area contributed by atoms with Crippen LogP contribution < -0.4 is 20.9 Å². The first-order chi connectivity index (χ1) is 16.0. The zero-order chi connectivity index (χ0) is 23.6. The molecule has 7 nitrogen and oxygen atoms in total. The molecule has 0 heterocycles. The molecule has 3 amide bonds. The number of carbonyl (C=O) groups excluding carboxylic acids is 3. The van der Waals surface area contributed by atoms with Crippen LogP contribution in [0, 0.1) is 0 Å². The van der Waals surface area contributed by atoms with Crippen molar-refractivity contribution in [3.8, 4) is 0 Å². The van der Waals surface area contributed by atoms with E-state index < -0.39 is 0 Å². The number of anilines is 3. The minimum atomic E-state index is -0.221. The molecule has 0 atom stereocenters. The Bertz CT molecular complexity index is 1080. The Hall–Kier alpha value is -4.13. The lowest BCUT2D eigenvalue weighted by molar-refractivity contribution is -0.114. The van der Waals surface area contributed by atoms with E-state index in [9.17, 15) is 14.4 Å². The Kier molecular flexibility index (Phi) is 8.18. The molecule has 0 aliphatic heterocycles. The minimum Gasteiger partial charge on any atom is -0.376 e. The standard InChI is InChI=1S/C26H28N4O3/c1-3-27-25(32)19-10-14-21(15-11-19)28-18-24(31)29-22-16-12-20(13-17-22)26(33)30(4-2)23-8-6-5-7-9-23/h5-17,28H,3-4,18H2,1-2H3,(H,27,32)(H,29,31). The fourth-order valence-corrected chi connectivity index (χ4v) is 3.29. The molecule has 0 aliphatic rings. The van der Waals surface area contributed by atoms with E-state index in [4.69, 9.17) is 0 Å². The lowest BCUT2D eigenvalue weighted by atomic mass is 10.1. The Balaban J connectivity index is 1.53. The summed E-state index contributed by atoms with van der Waals surface area (Å²) in [5, 5.41) is 8.58. The molecule has 3 aromatic carbocycles. The highest BCUT2D eigenvalue weighted by molar-refractivity contribution is 6.06. The molecule has 0 aromatic heterocycles. The fraction of sp³-hybridized carbons (Fsp3) is 0.192. The van der Waals surface area contributed by atoms with Crippen molar-refractivity contribution >= 4 is 34.8 Å². The van der Waals surface area contributed by atoms with E-state index in [-0.39, 0.29) is 24.3 Å². The van der Waals surface area contributed by atoms with Crippen molar-refractivity contribution in [2.45, 2.75) is 13.8 Å². The van der Waals surface area contributed by atoms with E-state index in [1.54, 1.807) is 53.4 Å². The van der Waals surface area contributed by atoms with E-state index >= 15 is 0 Å². The van der Waals surface area contributed by atoms with Gasteiger partial charge < -0.3 is 20.9 Å². The first kappa shape index (κ1) is 23.5. The summed E-state index contributed by atoms with van der Waals surface area (Å²) in [6.45, 7) is 4.98. The number of hydrogen-bond donors (Lipinski definition) is 3. The van der Waals surface area contributed by atoms with Gasteiger partial charge in [0.05, 0.1) is 6.54 Å². The second-order valence-electron chi connectivity index (χ2n) is 7.30. The molecular weight excluding hydrogens is 416 g/mol. The number of hydrogen-bond acceptors (Lipinski definition) is 4. The molecule has 170 valence electrons. The first-order valence-electron chi connectivity index (χ1n) is 10.9. The second kappa shape index (κ2) is 11.5. The summed E-state index contributed by atoms with van der Waals surface area (Å²) in [5.74, 6) is -0.449. The summed E-state index contributed by atoms with van der Waals surface area (Å²) in [7, 11) is 0. The Morgan fingerprint density at radius 1 is 0.758 bits per heavy atom. The maximum atomic E-state index is 12.9. The van der Waals surface area contributed by atoms with Gasteiger partial charge in [-0.1, -0.05) is 18.2 Å². The summed E-state index contributed by atoms with van der Waals surface area (Å²) in [4.78, 5) is 38.7. The van der Waals surface area contributed by atoms with Crippen molar-refractivity contribution in [3.05, 3.63) is 90.0 Å². The number of rotatable bonds is 9. The van der Waals surface area contributed by atoms with Crippen LogP contribution in [0.3, 0.4) is 0 Å². The van der Waals surface area contributed by atoms with Crippen molar-refractivity contribution in [1.29, 1.82) is 0 Å². The quantitative estimate of drug-likeness (QED) is 0.462. The molecular formula is C26H28N4O3. The lowest BCUT2D eigenvalue weighted by Gasteiger charge is -2.21. The van der Waals surface area contributed by atoms with E-state index in [1.165, 1.54) is 0 Å². The van der Waals surface area contributed by atoms with Gasteiger partial charge >= 0.3 is 0 Å². The molecule has 0 aliphatic carbocycles. The average Bonchev–Trinajstić information content (AvgIpc) is 2.85. The van der Waals surface area contributed by atoms with Crippen LogP contribution in [0.2, 0.25) is 0 Å². The predicted octanol–water partition coefficient (Wildman–Crippen LogP) is 4.15. The molecule has 0 saturated carbocycles. The van der Waals surface area contributed by atoms with Gasteiger partial charge in [-0.05, 0) is 74.5 Å². The van der Waals surface area contributed by atoms with Crippen molar-refractivity contribution < 1.29 is 14.4 Å². The first-order valence-corrected chi connectivity index (χ1v) is 10.9. The molecule has 0 radical (unpaired) electrons. The number of nitrogens with zero attached hydrogens (tertiary/aromatic N) is 1. The maximum Gasteiger partial charge on any atom is 0.258 e. The highest BCUT2D eigenvalue weighted by atomic mass is 16.2. The molecule has 0 bridgehead atoms. The van der Waals surface area contributed by atoms with E-state index in [0.717, 1.165) is 11.4 Å². The van der Waals surface area contributed by atoms with Crippen molar-refractivity contribution in [2.24, 2.45) is 0 Å². The van der Waals surface area contributed by atoms with Gasteiger partial charge in [-0.2, -0.15) is 0 Å². The average molecular weight is 445 g/mol. The highest BCUT2D eigenvalue weighted by Gasteiger charge is 2.16. The van der Waals surface area contributed by atoms with Crippen molar-refractivity contribution in [2.75, 3.05) is 35.2 Å². The third-order valence-corrected chi connectivity index (χ3v) is 4.98. The van der Waals surface area contributed by atoms with Gasteiger partial charge in [-0.15, -0.1) is 0 Å². The summed E-state index contributed by atoms with van der Waals surface area (Å²) in [6.07, 6.45) is 0. The van der Waals surface area contributed by atoms with Crippen LogP contribution in [0.15, 0.2) is 78.9 Å². The van der Waals surface area contributed by atoms with Crippen LogP contribution in [-0.2, 0) is 4.79 Å². The van der Waals surface area contributed by atoms with Gasteiger partial charge in [0, 0.05) is 41.3 Å². The molecule has 0 fully saturated rings. The zero-order valence-electron chi connectivity index (χ0n) is 18.8. The van der Waals surface area contributed by atoms with E-state index in [0.29, 0.717) is 29.9 Å². The largest absolute Gasteiger partial charge is 0.376 e. The molecule has 3 aromatic rings. The molecule has 3 rings (SSSR count). The van der Waals surface area contributed by atoms with Gasteiger partial charge in [0.15, 0.2) is 0 Å². The number of para-hydroxylation sites is 1. The summed E-state index contributed by atoms with van der Waals surface area (Å²) >= 11 is 0. The van der Waals surface area contributed by atoms with Gasteiger partial charge in [0.2, 0.25) is 5.91 Å². The number of benzene rings is 3. The lowest BCUT2D eigenvalue weighted by Crippen LogP contribution is -2.30. The van der Waals surface area contributed by atoms with Crippen LogP contribution in [0.1, 0.15) is 34.6 Å². The monoisotopic (exact) mass is 444 g/mol. The van der Waals surface area contributed by atoms with E-state index in [2.05, 4.69) is 16.0 Å². The summed E-state index contributed by atoms with van der Waals surface area (Å²) in [6, 6.07) is 23.3. The number of amides is 3. The second-order valence-corrected chi connectivity index (χ2v) is 7.30. The Morgan fingerprint density at radius 2 is 1.36 bits per heavy atom. The summed E-state index contributed by atoms with van der Waals surface area (Å²) < 4.78 is 0. The van der Waals surface area contributed by atoms with Gasteiger partial charge in [0.25, 0.3) is 11.8 Å². The van der Waals surface area contributed by atoms with Crippen LogP contribution in [0.25, 0.3) is 0 Å². The third-order valence-electron chi connectivity index (χ3n) is 4.98. The molecule has 7 heteroatoms. The van der Waals surface area contributed by atoms with Crippen LogP contribution in [0.4, 0.5) is 17.1 Å². The predicted molar refractivity (Wildman–Crippen MR) is 132 cm³/mol. The molecule has 33 heavy (non-hydrogen) atoms. The normalized spacial score (nSPS) is 10.2. The maximum absolute atomic E-state index is 12.9. The third kappa shape index (κ3) is 6.43. The number of nitrogens with one attached hydrogen (secondary N) is 3. The van der Waals surface area contributed by atoms with E-state index in [1.807, 2.05) is 44.2 Å². The Morgan fingerprint density at radius 3 is 1.97 bits per heavy atom. The minimum absolute atomic E-state index is 0.0683. The molecule has 0 unspecified atom stereocenters. The van der Waals surface area contributed by atoms with Crippen LogP contribution >= 0.6 is 0 Å². The van der Waals surface area contributed by atoms with Gasteiger partial charge in [0.1, 0.15) is 0 Å². The molecule has 0 saturated heterocycles. The topological polar surface area (TPSA) is 90.5 Å². The van der Waals surface area contributed by atoms with Gasteiger partial charge in [-0.25, -0.2) is 0 Å².